The fraction of sp³-hybridized carbons (Fsp3) is 0.409. The monoisotopic (exact) mass is 543 g/mol. The third-order valence-corrected chi connectivity index (χ3v) is 4.97. The summed E-state index contributed by atoms with van der Waals surface area (Å²) in [5, 5.41) is 15.1. The van der Waals surface area contributed by atoms with Gasteiger partial charge in [0.2, 0.25) is 0 Å². The molecule has 1 aliphatic heterocycles. The maximum absolute atomic E-state index is 10.6. The Balaban J connectivity index is 0.000000383. The van der Waals surface area contributed by atoms with E-state index in [4.69, 9.17) is 31.4 Å². The molecule has 14 heteroatoms. The van der Waals surface area contributed by atoms with Crippen molar-refractivity contribution in [2.24, 2.45) is 0 Å². The molecule has 0 bridgehead atoms. The number of nitrogens with zero attached hydrogens (tertiary/aromatic N) is 3. The number of hydrogen-bond acceptors (Lipinski definition) is 5. The Bertz CT molecular complexity index is 912. The van der Waals surface area contributed by atoms with Gasteiger partial charge in [-0.1, -0.05) is 23.7 Å². The Kier molecular flexibility index (Phi) is 12.5. The van der Waals surface area contributed by atoms with Gasteiger partial charge in [0.1, 0.15) is 0 Å². The van der Waals surface area contributed by atoms with Crippen LogP contribution < -0.4 is 4.90 Å². The number of anilines is 1. The van der Waals surface area contributed by atoms with E-state index < -0.39 is 24.3 Å². The van der Waals surface area contributed by atoms with Gasteiger partial charge < -0.3 is 15.1 Å². The molecule has 2 aromatic rings. The van der Waals surface area contributed by atoms with Gasteiger partial charge >= 0.3 is 24.3 Å². The van der Waals surface area contributed by atoms with Crippen molar-refractivity contribution in [2.75, 3.05) is 37.6 Å². The van der Waals surface area contributed by atoms with Crippen LogP contribution in [0.2, 0.25) is 5.02 Å². The minimum absolute atomic E-state index is 0.815. The first-order chi connectivity index (χ1) is 16.7. The molecule has 36 heavy (non-hydrogen) atoms. The van der Waals surface area contributed by atoms with Crippen molar-refractivity contribution in [1.82, 2.24) is 9.88 Å². The highest BCUT2D eigenvalue weighted by molar-refractivity contribution is 6.30. The molecule has 0 spiro atoms. The third-order valence-electron chi connectivity index (χ3n) is 4.72. The quantitative estimate of drug-likeness (QED) is 0.525. The summed E-state index contributed by atoms with van der Waals surface area (Å²) in [6.07, 6.45) is -4.05. The molecular weight excluding hydrogens is 520 g/mol. The predicted octanol–water partition coefficient (Wildman–Crippen LogP) is 4.76. The first-order valence-corrected chi connectivity index (χ1v) is 10.8. The van der Waals surface area contributed by atoms with Crippen LogP contribution in [0.1, 0.15) is 12.0 Å². The molecule has 0 radical (unpaired) electrons. The summed E-state index contributed by atoms with van der Waals surface area (Å²) >= 11 is 5.91. The van der Waals surface area contributed by atoms with Gasteiger partial charge in [-0.05, 0) is 49.2 Å². The zero-order valence-electron chi connectivity index (χ0n) is 18.8. The summed E-state index contributed by atoms with van der Waals surface area (Å²) < 4.78 is 63.5. The fourth-order valence-corrected chi connectivity index (χ4v) is 3.05. The van der Waals surface area contributed by atoms with Crippen LogP contribution in [0.4, 0.5) is 32.0 Å². The van der Waals surface area contributed by atoms with E-state index in [0.29, 0.717) is 0 Å². The Morgan fingerprint density at radius 3 is 1.81 bits per heavy atom. The third kappa shape index (κ3) is 12.6. The number of carboxylic acids is 2. The second-order valence-electron chi connectivity index (χ2n) is 7.38. The molecule has 0 saturated carbocycles. The maximum Gasteiger partial charge on any atom is 0.490 e. The highest BCUT2D eigenvalue weighted by Crippen LogP contribution is 2.16. The normalized spacial score (nSPS) is 14.1. The molecule has 7 nitrogen and oxygen atoms in total. The van der Waals surface area contributed by atoms with Crippen molar-refractivity contribution < 1.29 is 46.1 Å². The molecule has 1 aromatic carbocycles. The highest BCUT2D eigenvalue weighted by atomic mass is 35.5. The Hall–Kier alpha value is -3.06. The van der Waals surface area contributed by atoms with E-state index in [2.05, 4.69) is 33.0 Å². The molecule has 200 valence electrons. The minimum Gasteiger partial charge on any atom is -0.475 e. The number of hydrogen-bond donors (Lipinski definition) is 2. The number of aryl methyl sites for hydroxylation is 1. The number of piperazine rings is 1. The smallest absolute Gasteiger partial charge is 0.475 e. The number of halogens is 7. The van der Waals surface area contributed by atoms with Crippen molar-refractivity contribution in [3.63, 3.8) is 0 Å². The Morgan fingerprint density at radius 2 is 1.39 bits per heavy atom. The van der Waals surface area contributed by atoms with Crippen LogP contribution >= 0.6 is 11.6 Å². The summed E-state index contributed by atoms with van der Waals surface area (Å²) in [6.45, 7) is 5.62. The second kappa shape index (κ2) is 14.5. The van der Waals surface area contributed by atoms with Crippen molar-refractivity contribution in [2.45, 2.75) is 25.2 Å². The molecule has 3 rings (SSSR count). The van der Waals surface area contributed by atoms with Crippen LogP contribution in [0, 0.1) is 0 Å². The molecule has 0 aliphatic carbocycles. The average Bonchev–Trinajstić information content (AvgIpc) is 2.81. The number of benzene rings is 1. The first-order valence-electron chi connectivity index (χ1n) is 10.4. The number of aromatic nitrogens is 1. The zero-order valence-corrected chi connectivity index (χ0v) is 19.5. The number of pyridine rings is 1. The van der Waals surface area contributed by atoms with Gasteiger partial charge in [0.05, 0.1) is 11.9 Å². The maximum atomic E-state index is 10.6. The topological polar surface area (TPSA) is 94.0 Å². The Labute approximate surface area is 207 Å². The summed E-state index contributed by atoms with van der Waals surface area (Å²) in [7, 11) is 0. The molecule has 1 aliphatic rings. The van der Waals surface area contributed by atoms with Gasteiger partial charge in [0, 0.05) is 37.4 Å². The molecule has 1 fully saturated rings. The number of aliphatic carboxylic acids is 2. The van der Waals surface area contributed by atoms with Gasteiger partial charge in [-0.3, -0.25) is 9.88 Å². The fourth-order valence-electron chi connectivity index (χ4n) is 2.93. The van der Waals surface area contributed by atoms with Crippen LogP contribution in [0.5, 0.6) is 0 Å². The summed E-state index contributed by atoms with van der Waals surface area (Å²) in [6, 6.07) is 12.4. The first kappa shape index (κ1) is 31.0. The van der Waals surface area contributed by atoms with Gasteiger partial charge in [-0.2, -0.15) is 26.3 Å². The van der Waals surface area contributed by atoms with E-state index >= 15 is 0 Å². The largest absolute Gasteiger partial charge is 0.490 e. The molecule has 0 atom stereocenters. The van der Waals surface area contributed by atoms with E-state index in [9.17, 15) is 26.3 Å². The lowest BCUT2D eigenvalue weighted by Crippen LogP contribution is -2.46. The zero-order chi connectivity index (χ0) is 27.4. The number of rotatable bonds is 5. The minimum atomic E-state index is -5.08. The molecular formula is C22H24ClF6N3O4. The number of carboxylic acid groups (broad SMARTS) is 2. The van der Waals surface area contributed by atoms with Crippen molar-refractivity contribution in [3.05, 3.63) is 59.4 Å². The second-order valence-corrected chi connectivity index (χ2v) is 7.81. The van der Waals surface area contributed by atoms with E-state index in [1.54, 1.807) is 0 Å². The van der Waals surface area contributed by atoms with Crippen LogP contribution in [-0.4, -0.2) is 77.1 Å². The summed E-state index contributed by atoms with van der Waals surface area (Å²) in [5.41, 5.74) is 2.61. The Morgan fingerprint density at radius 1 is 0.889 bits per heavy atom. The van der Waals surface area contributed by atoms with Crippen LogP contribution in [0.15, 0.2) is 48.8 Å². The lowest BCUT2D eigenvalue weighted by atomic mass is 10.1. The number of carbonyl (C=O) groups is 2. The van der Waals surface area contributed by atoms with E-state index in [1.165, 1.54) is 24.2 Å². The van der Waals surface area contributed by atoms with Crippen LogP contribution in [0.3, 0.4) is 0 Å². The highest BCUT2D eigenvalue weighted by Gasteiger charge is 2.38. The van der Waals surface area contributed by atoms with Gasteiger partial charge in [0.25, 0.3) is 0 Å². The predicted molar refractivity (Wildman–Crippen MR) is 120 cm³/mol. The number of alkyl halides is 6. The van der Waals surface area contributed by atoms with Crippen LogP contribution in [0.25, 0.3) is 0 Å². The van der Waals surface area contributed by atoms with Gasteiger partial charge in [-0.15, -0.1) is 0 Å². The summed E-state index contributed by atoms with van der Waals surface area (Å²) in [5.74, 6) is -5.51. The van der Waals surface area contributed by atoms with Gasteiger partial charge in [-0.25, -0.2) is 9.59 Å². The van der Waals surface area contributed by atoms with Crippen LogP contribution in [-0.2, 0) is 16.0 Å². The van der Waals surface area contributed by atoms with Crippen molar-refractivity contribution in [1.29, 1.82) is 0 Å². The van der Waals surface area contributed by atoms with E-state index in [-0.39, 0.29) is 0 Å². The molecule has 1 aromatic heterocycles. The molecule has 1 saturated heterocycles. The van der Waals surface area contributed by atoms with E-state index in [1.807, 2.05) is 30.6 Å². The van der Waals surface area contributed by atoms with Gasteiger partial charge in [0.15, 0.2) is 0 Å². The van der Waals surface area contributed by atoms with E-state index in [0.717, 1.165) is 37.6 Å². The molecule has 2 heterocycles. The summed E-state index contributed by atoms with van der Waals surface area (Å²) in [4.78, 5) is 27.0. The van der Waals surface area contributed by atoms with Crippen molar-refractivity contribution in [3.8, 4) is 0 Å². The lowest BCUT2D eigenvalue weighted by molar-refractivity contribution is -0.193. The lowest BCUT2D eigenvalue weighted by Gasteiger charge is -2.35. The molecule has 0 amide bonds. The van der Waals surface area contributed by atoms with Crippen molar-refractivity contribution >= 4 is 29.2 Å². The standard InChI is InChI=1S/C18H22ClN3.2C2HF3O2/c19-17-7-5-16(6-8-17)3-2-10-21-11-13-22(14-12-21)18-4-1-9-20-15-18;2*3-2(4,5)1(6)7/h1,4-9,15H,2-3,10-14H2;2*(H,6,7). The SMILES string of the molecule is Clc1ccc(CCCN2CCN(c3cccnc3)CC2)cc1.O=C(O)C(F)(F)F.O=C(O)C(F)(F)F. The molecule has 2 N–H and O–H groups in total. The molecule has 0 unspecified atom stereocenters. The average molecular weight is 544 g/mol.